The Labute approximate surface area is 152 Å². The molecule has 2 aromatic heterocycles. The fourth-order valence-electron chi connectivity index (χ4n) is 3.36. The number of furan rings is 1. The maximum absolute atomic E-state index is 11.8. The molecule has 4 rings (SSSR count). The second-order valence-electron chi connectivity index (χ2n) is 6.88. The van der Waals surface area contributed by atoms with Crippen LogP contribution in [0.5, 0.6) is 0 Å². The first-order chi connectivity index (χ1) is 12.5. The minimum Gasteiger partial charge on any atom is -0.458 e. The quantitative estimate of drug-likeness (QED) is 0.689. The number of hydrogen-bond acceptors (Lipinski definition) is 5. The standard InChI is InChI=1S/C19H21N3O3S/c1-14-7-8-17(25-14)19-20-18(11-16-9-10-26(23,24)13-16)22(21-19)12-15-5-3-2-4-6-15/h2-8,16H,9-13H2,1H3. The maximum atomic E-state index is 11.8. The van der Waals surface area contributed by atoms with Gasteiger partial charge in [-0.15, -0.1) is 5.10 Å². The van der Waals surface area contributed by atoms with E-state index in [2.05, 4.69) is 10.1 Å². The van der Waals surface area contributed by atoms with E-state index >= 15 is 0 Å². The van der Waals surface area contributed by atoms with Crippen molar-refractivity contribution in [3.8, 4) is 11.6 Å². The lowest BCUT2D eigenvalue weighted by molar-refractivity contribution is 0.533. The van der Waals surface area contributed by atoms with Crippen LogP contribution in [0.4, 0.5) is 0 Å². The molecule has 136 valence electrons. The zero-order valence-electron chi connectivity index (χ0n) is 14.6. The Morgan fingerprint density at radius 3 is 2.65 bits per heavy atom. The van der Waals surface area contributed by atoms with Gasteiger partial charge in [0.15, 0.2) is 15.6 Å². The highest BCUT2D eigenvalue weighted by atomic mass is 32.2. The molecule has 3 heterocycles. The van der Waals surface area contributed by atoms with Crippen LogP contribution in [0, 0.1) is 12.8 Å². The molecule has 0 aliphatic carbocycles. The number of nitrogens with zero attached hydrogens (tertiary/aromatic N) is 3. The van der Waals surface area contributed by atoms with Gasteiger partial charge in [-0.25, -0.2) is 18.1 Å². The number of rotatable bonds is 5. The number of aryl methyl sites for hydroxylation is 1. The van der Waals surface area contributed by atoms with Gasteiger partial charge in [0.2, 0.25) is 5.82 Å². The van der Waals surface area contributed by atoms with Crippen molar-refractivity contribution in [1.29, 1.82) is 0 Å². The van der Waals surface area contributed by atoms with E-state index in [-0.39, 0.29) is 17.4 Å². The molecule has 7 heteroatoms. The topological polar surface area (TPSA) is 78.0 Å². The molecule has 0 spiro atoms. The van der Waals surface area contributed by atoms with E-state index < -0.39 is 9.84 Å². The van der Waals surface area contributed by atoms with E-state index in [1.54, 1.807) is 0 Å². The minimum absolute atomic E-state index is 0.102. The SMILES string of the molecule is Cc1ccc(-c2nc(CC3CCS(=O)(=O)C3)n(Cc3ccccc3)n2)o1. The normalized spacial score (nSPS) is 19.0. The third-order valence-corrected chi connectivity index (χ3v) is 6.52. The van der Waals surface area contributed by atoms with Crippen LogP contribution < -0.4 is 0 Å². The molecule has 0 N–H and O–H groups in total. The minimum atomic E-state index is -2.91. The highest BCUT2D eigenvalue weighted by Crippen LogP contribution is 2.25. The van der Waals surface area contributed by atoms with E-state index in [1.807, 2.05) is 54.1 Å². The second kappa shape index (κ2) is 6.72. The molecule has 6 nitrogen and oxygen atoms in total. The predicted octanol–water partition coefficient (Wildman–Crippen LogP) is 2.87. The van der Waals surface area contributed by atoms with Gasteiger partial charge in [0.1, 0.15) is 11.6 Å². The third-order valence-electron chi connectivity index (χ3n) is 4.68. The molecule has 1 atom stereocenters. The molecule has 3 aromatic rings. The van der Waals surface area contributed by atoms with E-state index in [0.717, 1.165) is 17.1 Å². The summed E-state index contributed by atoms with van der Waals surface area (Å²) in [6.07, 6.45) is 1.30. The molecule has 1 unspecified atom stereocenters. The van der Waals surface area contributed by atoms with Gasteiger partial charge < -0.3 is 4.42 Å². The lowest BCUT2D eigenvalue weighted by atomic mass is 10.1. The van der Waals surface area contributed by atoms with E-state index in [9.17, 15) is 8.42 Å². The van der Waals surface area contributed by atoms with Gasteiger partial charge in [-0.05, 0) is 37.0 Å². The van der Waals surface area contributed by atoms with Crippen molar-refractivity contribution < 1.29 is 12.8 Å². The molecule has 1 saturated heterocycles. The number of benzene rings is 1. The van der Waals surface area contributed by atoms with Crippen molar-refractivity contribution in [1.82, 2.24) is 14.8 Å². The van der Waals surface area contributed by atoms with Gasteiger partial charge in [-0.1, -0.05) is 30.3 Å². The van der Waals surface area contributed by atoms with Crippen LogP contribution in [-0.4, -0.2) is 34.7 Å². The van der Waals surface area contributed by atoms with E-state index in [0.29, 0.717) is 31.0 Å². The van der Waals surface area contributed by atoms with Crippen LogP contribution in [0.3, 0.4) is 0 Å². The van der Waals surface area contributed by atoms with Gasteiger partial charge in [-0.2, -0.15) is 0 Å². The summed E-state index contributed by atoms with van der Waals surface area (Å²) in [6.45, 7) is 2.48. The van der Waals surface area contributed by atoms with Crippen LogP contribution in [0.2, 0.25) is 0 Å². The summed E-state index contributed by atoms with van der Waals surface area (Å²) < 4.78 is 31.1. The molecule has 0 radical (unpaired) electrons. The molecule has 1 aliphatic rings. The summed E-state index contributed by atoms with van der Waals surface area (Å²) in [4.78, 5) is 4.66. The molecule has 1 aromatic carbocycles. The Hall–Kier alpha value is -2.41. The van der Waals surface area contributed by atoms with Gasteiger partial charge in [0.05, 0.1) is 18.1 Å². The van der Waals surface area contributed by atoms with Gasteiger partial charge in [0.25, 0.3) is 0 Å². The van der Waals surface area contributed by atoms with E-state index in [4.69, 9.17) is 4.42 Å². The highest BCUT2D eigenvalue weighted by molar-refractivity contribution is 7.91. The Morgan fingerprint density at radius 1 is 1.19 bits per heavy atom. The summed E-state index contributed by atoms with van der Waals surface area (Å²) in [7, 11) is -2.91. The largest absolute Gasteiger partial charge is 0.458 e. The van der Waals surface area contributed by atoms with Crippen LogP contribution in [0.15, 0.2) is 46.9 Å². The Bertz CT molecular complexity index is 1010. The first kappa shape index (κ1) is 17.0. The molecule has 0 saturated carbocycles. The van der Waals surface area contributed by atoms with Crippen molar-refractivity contribution in [2.75, 3.05) is 11.5 Å². The molecule has 0 amide bonds. The summed E-state index contributed by atoms with van der Waals surface area (Å²) in [5.74, 6) is 3.40. The zero-order chi connectivity index (χ0) is 18.1. The van der Waals surface area contributed by atoms with Gasteiger partial charge in [-0.3, -0.25) is 0 Å². The molecule has 26 heavy (non-hydrogen) atoms. The second-order valence-corrected chi connectivity index (χ2v) is 9.11. The van der Waals surface area contributed by atoms with Crippen molar-refractivity contribution in [3.05, 3.63) is 59.6 Å². The molecular formula is C19H21N3O3S. The van der Waals surface area contributed by atoms with Crippen LogP contribution in [0.1, 0.15) is 23.6 Å². The average Bonchev–Trinajstić information content (AvgIpc) is 3.29. The van der Waals surface area contributed by atoms with Gasteiger partial charge in [0, 0.05) is 6.42 Å². The third kappa shape index (κ3) is 3.72. The van der Waals surface area contributed by atoms with Crippen molar-refractivity contribution >= 4 is 9.84 Å². The first-order valence-corrected chi connectivity index (χ1v) is 10.6. The monoisotopic (exact) mass is 371 g/mol. The lowest BCUT2D eigenvalue weighted by Crippen LogP contribution is -2.13. The average molecular weight is 371 g/mol. The Balaban J connectivity index is 1.64. The van der Waals surface area contributed by atoms with Crippen molar-refractivity contribution in [3.63, 3.8) is 0 Å². The van der Waals surface area contributed by atoms with E-state index in [1.165, 1.54) is 0 Å². The fraction of sp³-hybridized carbons (Fsp3) is 0.368. The van der Waals surface area contributed by atoms with Crippen LogP contribution in [0.25, 0.3) is 11.6 Å². The number of hydrogen-bond donors (Lipinski definition) is 0. The predicted molar refractivity (Wildman–Crippen MR) is 98.5 cm³/mol. The summed E-state index contributed by atoms with van der Waals surface area (Å²) in [5, 5.41) is 4.63. The fourth-order valence-corrected chi connectivity index (χ4v) is 5.22. The maximum Gasteiger partial charge on any atom is 0.217 e. The Kier molecular flexibility index (Phi) is 4.40. The van der Waals surface area contributed by atoms with Crippen molar-refractivity contribution in [2.45, 2.75) is 26.3 Å². The number of sulfone groups is 1. The Morgan fingerprint density at radius 2 is 2.00 bits per heavy atom. The van der Waals surface area contributed by atoms with Gasteiger partial charge >= 0.3 is 0 Å². The zero-order valence-corrected chi connectivity index (χ0v) is 15.4. The van der Waals surface area contributed by atoms with Crippen LogP contribution >= 0.6 is 0 Å². The molecule has 1 aliphatic heterocycles. The number of aromatic nitrogens is 3. The summed E-state index contributed by atoms with van der Waals surface area (Å²) >= 11 is 0. The highest BCUT2D eigenvalue weighted by Gasteiger charge is 2.29. The summed E-state index contributed by atoms with van der Waals surface area (Å²) in [5.41, 5.74) is 1.12. The molecule has 0 bridgehead atoms. The molecular weight excluding hydrogens is 350 g/mol. The van der Waals surface area contributed by atoms with Crippen LogP contribution in [-0.2, 0) is 22.8 Å². The lowest BCUT2D eigenvalue weighted by Gasteiger charge is -2.09. The smallest absolute Gasteiger partial charge is 0.217 e. The molecule has 1 fully saturated rings. The summed E-state index contributed by atoms with van der Waals surface area (Å²) in [6, 6.07) is 13.8. The van der Waals surface area contributed by atoms with Crippen molar-refractivity contribution in [2.24, 2.45) is 5.92 Å². The first-order valence-electron chi connectivity index (χ1n) is 8.73.